The number of Topliss-reactive ketones (excluding diaryl/α,β-unsaturated/α-hetero) is 1. The molecular formula is C16H21F2NO2. The van der Waals surface area contributed by atoms with Crippen molar-refractivity contribution in [2.45, 2.75) is 38.1 Å². The minimum absolute atomic E-state index is 0.0123. The van der Waals surface area contributed by atoms with Crippen LogP contribution in [0.2, 0.25) is 0 Å². The summed E-state index contributed by atoms with van der Waals surface area (Å²) >= 11 is 0. The van der Waals surface area contributed by atoms with Crippen LogP contribution in [0, 0.1) is 11.6 Å². The molecule has 0 saturated heterocycles. The normalized spacial score (nSPS) is 16.4. The van der Waals surface area contributed by atoms with E-state index in [-0.39, 0.29) is 24.5 Å². The molecule has 0 aromatic heterocycles. The third-order valence-electron chi connectivity index (χ3n) is 4.07. The standard InChI is InChI=1S/C16H21F2NO2/c17-14-7-6-12(10-15(14)18)16(21)11-19(8-9-20)13-4-2-1-3-5-13/h6-7,10,13,20H,1-5,8-9,11H2. The van der Waals surface area contributed by atoms with Gasteiger partial charge in [0.05, 0.1) is 13.2 Å². The van der Waals surface area contributed by atoms with Crippen molar-refractivity contribution in [1.29, 1.82) is 0 Å². The van der Waals surface area contributed by atoms with Gasteiger partial charge in [-0.2, -0.15) is 0 Å². The molecule has 1 fully saturated rings. The van der Waals surface area contributed by atoms with Gasteiger partial charge in [0, 0.05) is 18.2 Å². The van der Waals surface area contributed by atoms with Gasteiger partial charge in [-0.3, -0.25) is 9.69 Å². The number of hydrogen-bond acceptors (Lipinski definition) is 3. The molecule has 21 heavy (non-hydrogen) atoms. The molecule has 1 aromatic rings. The van der Waals surface area contributed by atoms with Gasteiger partial charge in [-0.15, -0.1) is 0 Å². The summed E-state index contributed by atoms with van der Waals surface area (Å²) in [7, 11) is 0. The van der Waals surface area contributed by atoms with Crippen molar-refractivity contribution in [3.63, 3.8) is 0 Å². The SMILES string of the molecule is O=C(CN(CCO)C1CCCCC1)c1ccc(F)c(F)c1. The van der Waals surface area contributed by atoms with Gasteiger partial charge in [0.15, 0.2) is 17.4 Å². The number of rotatable bonds is 6. The fourth-order valence-corrected chi connectivity index (χ4v) is 2.91. The molecule has 0 bridgehead atoms. The Balaban J connectivity index is 2.04. The van der Waals surface area contributed by atoms with Crippen molar-refractivity contribution >= 4 is 5.78 Å². The summed E-state index contributed by atoms with van der Waals surface area (Å²) in [5, 5.41) is 9.17. The van der Waals surface area contributed by atoms with Crippen LogP contribution in [-0.4, -0.2) is 41.5 Å². The third kappa shape index (κ3) is 4.32. The van der Waals surface area contributed by atoms with E-state index in [4.69, 9.17) is 5.11 Å². The average Bonchev–Trinajstić information content (AvgIpc) is 2.50. The highest BCUT2D eigenvalue weighted by Crippen LogP contribution is 2.22. The molecule has 1 aliphatic rings. The van der Waals surface area contributed by atoms with Crippen LogP contribution in [0.5, 0.6) is 0 Å². The Morgan fingerprint density at radius 1 is 1.19 bits per heavy atom. The summed E-state index contributed by atoms with van der Waals surface area (Å²) in [5.41, 5.74) is 0.174. The number of carbonyl (C=O) groups excluding carboxylic acids is 1. The van der Waals surface area contributed by atoms with Crippen LogP contribution in [0.1, 0.15) is 42.5 Å². The van der Waals surface area contributed by atoms with E-state index in [9.17, 15) is 13.6 Å². The van der Waals surface area contributed by atoms with Crippen LogP contribution in [0.3, 0.4) is 0 Å². The Morgan fingerprint density at radius 2 is 1.90 bits per heavy atom. The second kappa shape index (κ2) is 7.61. The van der Waals surface area contributed by atoms with E-state index in [2.05, 4.69) is 0 Å². The molecule has 3 nitrogen and oxygen atoms in total. The lowest BCUT2D eigenvalue weighted by atomic mass is 9.93. The largest absolute Gasteiger partial charge is 0.395 e. The third-order valence-corrected chi connectivity index (χ3v) is 4.07. The van der Waals surface area contributed by atoms with Crippen molar-refractivity contribution in [2.24, 2.45) is 0 Å². The second-order valence-electron chi connectivity index (χ2n) is 5.54. The van der Waals surface area contributed by atoms with Crippen molar-refractivity contribution in [3.05, 3.63) is 35.4 Å². The number of benzene rings is 1. The van der Waals surface area contributed by atoms with Gasteiger partial charge in [-0.25, -0.2) is 8.78 Å². The first-order chi connectivity index (χ1) is 10.1. The Labute approximate surface area is 123 Å². The van der Waals surface area contributed by atoms with Gasteiger partial charge in [-0.1, -0.05) is 19.3 Å². The first-order valence-corrected chi connectivity index (χ1v) is 7.45. The molecule has 1 N–H and O–H groups in total. The summed E-state index contributed by atoms with van der Waals surface area (Å²) < 4.78 is 26.1. The Hall–Kier alpha value is -1.33. The molecule has 5 heteroatoms. The zero-order valence-corrected chi connectivity index (χ0v) is 12.0. The first-order valence-electron chi connectivity index (χ1n) is 7.45. The van der Waals surface area contributed by atoms with Crippen molar-refractivity contribution in [3.8, 4) is 0 Å². The van der Waals surface area contributed by atoms with Crippen LogP contribution in [0.15, 0.2) is 18.2 Å². The van der Waals surface area contributed by atoms with Crippen LogP contribution in [-0.2, 0) is 0 Å². The van der Waals surface area contributed by atoms with Gasteiger partial charge < -0.3 is 5.11 Å². The van der Waals surface area contributed by atoms with E-state index in [1.165, 1.54) is 12.5 Å². The summed E-state index contributed by atoms with van der Waals surface area (Å²) in [4.78, 5) is 14.2. The van der Waals surface area contributed by atoms with Gasteiger partial charge in [0.1, 0.15) is 0 Å². The average molecular weight is 297 g/mol. The zero-order valence-electron chi connectivity index (χ0n) is 12.0. The van der Waals surface area contributed by atoms with Crippen LogP contribution in [0.4, 0.5) is 8.78 Å². The molecule has 0 heterocycles. The monoisotopic (exact) mass is 297 g/mol. The number of carbonyl (C=O) groups is 1. The molecule has 1 aromatic carbocycles. The molecular weight excluding hydrogens is 276 g/mol. The van der Waals surface area contributed by atoms with Crippen LogP contribution >= 0.6 is 0 Å². The molecule has 2 rings (SSSR count). The summed E-state index contributed by atoms with van der Waals surface area (Å²) in [5.74, 6) is -2.20. The van der Waals surface area contributed by atoms with E-state index in [0.717, 1.165) is 37.8 Å². The minimum Gasteiger partial charge on any atom is -0.395 e. The number of aliphatic hydroxyl groups is 1. The predicted octanol–water partition coefficient (Wildman–Crippen LogP) is 2.77. The molecule has 0 atom stereocenters. The fourth-order valence-electron chi connectivity index (χ4n) is 2.91. The molecule has 116 valence electrons. The van der Waals surface area contributed by atoms with E-state index >= 15 is 0 Å². The number of hydrogen-bond donors (Lipinski definition) is 1. The topological polar surface area (TPSA) is 40.5 Å². The Bertz CT molecular complexity index is 487. The maximum absolute atomic E-state index is 13.2. The maximum Gasteiger partial charge on any atom is 0.176 e. The van der Waals surface area contributed by atoms with Crippen molar-refractivity contribution in [2.75, 3.05) is 19.7 Å². The molecule has 0 unspecified atom stereocenters. The first kappa shape index (κ1) is 16.0. The van der Waals surface area contributed by atoms with E-state index in [1.807, 2.05) is 4.90 Å². The quantitative estimate of drug-likeness (QED) is 0.821. The number of aliphatic hydroxyl groups excluding tert-OH is 1. The van der Waals surface area contributed by atoms with Crippen molar-refractivity contribution in [1.82, 2.24) is 4.90 Å². The minimum atomic E-state index is -1.01. The van der Waals surface area contributed by atoms with Gasteiger partial charge in [0.25, 0.3) is 0 Å². The molecule has 1 saturated carbocycles. The Morgan fingerprint density at radius 3 is 2.52 bits per heavy atom. The van der Waals surface area contributed by atoms with Crippen LogP contribution in [0.25, 0.3) is 0 Å². The lowest BCUT2D eigenvalue weighted by Gasteiger charge is -2.33. The van der Waals surface area contributed by atoms with Crippen molar-refractivity contribution < 1.29 is 18.7 Å². The number of halogens is 2. The summed E-state index contributed by atoms with van der Waals surface area (Å²) in [6, 6.07) is 3.51. The van der Waals surface area contributed by atoms with Crippen LogP contribution < -0.4 is 0 Å². The number of nitrogens with zero attached hydrogens (tertiary/aromatic N) is 1. The molecule has 0 spiro atoms. The maximum atomic E-state index is 13.2. The highest BCUT2D eigenvalue weighted by Gasteiger charge is 2.23. The number of ketones is 1. The fraction of sp³-hybridized carbons (Fsp3) is 0.562. The summed E-state index contributed by atoms with van der Waals surface area (Å²) in [6.45, 7) is 0.554. The Kier molecular flexibility index (Phi) is 5.82. The molecule has 1 aliphatic carbocycles. The lowest BCUT2D eigenvalue weighted by molar-refractivity contribution is 0.0814. The lowest BCUT2D eigenvalue weighted by Crippen LogP contribution is -2.42. The van der Waals surface area contributed by atoms with E-state index in [0.29, 0.717) is 12.6 Å². The summed E-state index contributed by atoms with van der Waals surface area (Å²) in [6.07, 6.45) is 5.51. The zero-order chi connectivity index (χ0) is 15.2. The van der Waals surface area contributed by atoms with E-state index < -0.39 is 11.6 Å². The van der Waals surface area contributed by atoms with Gasteiger partial charge in [0.2, 0.25) is 0 Å². The predicted molar refractivity (Wildman–Crippen MR) is 76.2 cm³/mol. The van der Waals surface area contributed by atoms with E-state index in [1.54, 1.807) is 0 Å². The molecule has 0 amide bonds. The molecule has 0 aliphatic heterocycles. The second-order valence-corrected chi connectivity index (χ2v) is 5.54. The highest BCUT2D eigenvalue weighted by molar-refractivity contribution is 5.97. The van der Waals surface area contributed by atoms with Gasteiger partial charge in [-0.05, 0) is 31.0 Å². The van der Waals surface area contributed by atoms with Gasteiger partial charge >= 0.3 is 0 Å². The smallest absolute Gasteiger partial charge is 0.176 e. The molecule has 0 radical (unpaired) electrons. The highest BCUT2D eigenvalue weighted by atomic mass is 19.2.